The van der Waals surface area contributed by atoms with Crippen LogP contribution < -0.4 is 5.73 Å². The molecule has 2 rings (SSSR count). The molecule has 0 aromatic heterocycles. The quantitative estimate of drug-likeness (QED) is 0.690. The maximum atomic E-state index is 10.9. The molecule has 0 bridgehead atoms. The van der Waals surface area contributed by atoms with Crippen molar-refractivity contribution >= 4 is 11.5 Å². The molecule has 1 amide bonds. The van der Waals surface area contributed by atoms with Crippen LogP contribution in [-0.4, -0.2) is 5.91 Å². The fraction of sp³-hybridized carbons (Fsp3) is 0.182. The van der Waals surface area contributed by atoms with E-state index in [0.717, 1.165) is 12.0 Å². The third-order valence-electron chi connectivity index (χ3n) is 2.45. The standard InChI is InChI=1S/C11H11NO/c1-7-2-3-8-4-5-9(11(12)13)6-10(7)8/h2,4-6H,3H2,1H3,(H2,12,13). The number of hydrogen-bond acceptors (Lipinski definition) is 1. The van der Waals surface area contributed by atoms with Gasteiger partial charge in [-0.3, -0.25) is 4.79 Å². The number of amides is 1. The van der Waals surface area contributed by atoms with Gasteiger partial charge in [0.2, 0.25) is 5.91 Å². The van der Waals surface area contributed by atoms with Crippen LogP contribution in [0.3, 0.4) is 0 Å². The second kappa shape index (κ2) is 2.73. The van der Waals surface area contributed by atoms with Crippen molar-refractivity contribution in [3.8, 4) is 0 Å². The van der Waals surface area contributed by atoms with Crippen LogP contribution in [0.4, 0.5) is 0 Å². The Balaban J connectivity index is 2.53. The van der Waals surface area contributed by atoms with Gasteiger partial charge in [-0.1, -0.05) is 12.1 Å². The lowest BCUT2D eigenvalue weighted by Gasteiger charge is -2.02. The Morgan fingerprint density at radius 2 is 2.23 bits per heavy atom. The van der Waals surface area contributed by atoms with Crippen LogP contribution in [0.25, 0.3) is 5.57 Å². The fourth-order valence-electron chi connectivity index (χ4n) is 1.65. The Morgan fingerprint density at radius 3 is 2.92 bits per heavy atom. The SMILES string of the molecule is CC1=CCc2ccc(C(N)=O)cc21. The summed E-state index contributed by atoms with van der Waals surface area (Å²) >= 11 is 0. The van der Waals surface area contributed by atoms with E-state index < -0.39 is 0 Å². The average Bonchev–Trinajstić information content (AvgIpc) is 2.47. The largest absolute Gasteiger partial charge is 0.366 e. The zero-order chi connectivity index (χ0) is 9.42. The van der Waals surface area contributed by atoms with E-state index in [1.807, 2.05) is 12.1 Å². The summed E-state index contributed by atoms with van der Waals surface area (Å²) < 4.78 is 0. The van der Waals surface area contributed by atoms with E-state index in [4.69, 9.17) is 5.73 Å². The molecule has 0 unspecified atom stereocenters. The maximum absolute atomic E-state index is 10.9. The van der Waals surface area contributed by atoms with Crippen LogP contribution in [0.5, 0.6) is 0 Å². The van der Waals surface area contributed by atoms with E-state index in [-0.39, 0.29) is 5.91 Å². The molecule has 2 N–H and O–H groups in total. The van der Waals surface area contributed by atoms with E-state index in [1.54, 1.807) is 6.07 Å². The van der Waals surface area contributed by atoms with Crippen molar-refractivity contribution in [2.24, 2.45) is 5.73 Å². The Bertz CT molecular complexity index is 405. The second-order valence-corrected chi connectivity index (χ2v) is 3.33. The maximum Gasteiger partial charge on any atom is 0.248 e. The van der Waals surface area contributed by atoms with Crippen LogP contribution in [0.1, 0.15) is 28.4 Å². The minimum absolute atomic E-state index is 0.359. The van der Waals surface area contributed by atoms with Gasteiger partial charge in [0.05, 0.1) is 0 Å². The zero-order valence-electron chi connectivity index (χ0n) is 7.50. The molecular formula is C11H11NO. The van der Waals surface area contributed by atoms with Crippen molar-refractivity contribution in [3.63, 3.8) is 0 Å². The molecule has 0 spiro atoms. The highest BCUT2D eigenvalue weighted by atomic mass is 16.1. The molecule has 1 aliphatic carbocycles. The van der Waals surface area contributed by atoms with Gasteiger partial charge in [0.25, 0.3) is 0 Å². The lowest BCUT2D eigenvalue weighted by atomic mass is 10.0. The molecule has 0 radical (unpaired) electrons. The van der Waals surface area contributed by atoms with Crippen LogP contribution in [0, 0.1) is 0 Å². The highest BCUT2D eigenvalue weighted by Gasteiger charge is 2.12. The second-order valence-electron chi connectivity index (χ2n) is 3.33. The monoisotopic (exact) mass is 173 g/mol. The van der Waals surface area contributed by atoms with Crippen molar-refractivity contribution in [1.29, 1.82) is 0 Å². The molecule has 1 aromatic carbocycles. The molecule has 0 saturated carbocycles. The minimum Gasteiger partial charge on any atom is -0.366 e. The first-order valence-electron chi connectivity index (χ1n) is 4.28. The van der Waals surface area contributed by atoms with Crippen molar-refractivity contribution < 1.29 is 4.79 Å². The van der Waals surface area contributed by atoms with Crippen molar-refractivity contribution in [1.82, 2.24) is 0 Å². The van der Waals surface area contributed by atoms with Gasteiger partial charge in [0.15, 0.2) is 0 Å². The van der Waals surface area contributed by atoms with Crippen molar-refractivity contribution in [2.45, 2.75) is 13.3 Å². The number of fused-ring (bicyclic) bond motifs is 1. The number of hydrogen-bond donors (Lipinski definition) is 1. The van der Waals surface area contributed by atoms with Crippen LogP contribution in [-0.2, 0) is 6.42 Å². The first-order valence-corrected chi connectivity index (χ1v) is 4.28. The molecule has 13 heavy (non-hydrogen) atoms. The Morgan fingerprint density at radius 1 is 1.46 bits per heavy atom. The summed E-state index contributed by atoms with van der Waals surface area (Å²) in [7, 11) is 0. The minimum atomic E-state index is -0.359. The summed E-state index contributed by atoms with van der Waals surface area (Å²) in [6, 6.07) is 5.63. The van der Waals surface area contributed by atoms with Crippen LogP contribution >= 0.6 is 0 Å². The smallest absolute Gasteiger partial charge is 0.248 e. The molecule has 0 atom stereocenters. The van der Waals surface area contributed by atoms with E-state index in [0.29, 0.717) is 5.56 Å². The van der Waals surface area contributed by atoms with Gasteiger partial charge in [0, 0.05) is 5.56 Å². The van der Waals surface area contributed by atoms with Gasteiger partial charge in [-0.2, -0.15) is 0 Å². The normalized spacial score (nSPS) is 13.8. The van der Waals surface area contributed by atoms with Gasteiger partial charge in [-0.05, 0) is 42.2 Å². The molecule has 1 aromatic rings. The third kappa shape index (κ3) is 1.24. The molecule has 2 nitrogen and oxygen atoms in total. The van der Waals surface area contributed by atoms with Crippen molar-refractivity contribution in [3.05, 3.63) is 41.0 Å². The summed E-state index contributed by atoms with van der Waals surface area (Å²) in [6.07, 6.45) is 3.13. The van der Waals surface area contributed by atoms with Gasteiger partial charge >= 0.3 is 0 Å². The van der Waals surface area contributed by atoms with E-state index in [9.17, 15) is 4.79 Å². The molecule has 0 aliphatic heterocycles. The number of benzene rings is 1. The number of carbonyl (C=O) groups excluding carboxylic acids is 1. The van der Waals surface area contributed by atoms with Gasteiger partial charge in [-0.15, -0.1) is 0 Å². The summed E-state index contributed by atoms with van der Waals surface area (Å²) in [5, 5.41) is 0. The summed E-state index contributed by atoms with van der Waals surface area (Å²) in [5.74, 6) is -0.359. The fourth-order valence-corrected chi connectivity index (χ4v) is 1.65. The summed E-state index contributed by atoms with van der Waals surface area (Å²) in [5.41, 5.74) is 9.46. The first-order chi connectivity index (χ1) is 6.18. The molecule has 0 fully saturated rings. The topological polar surface area (TPSA) is 43.1 Å². The average molecular weight is 173 g/mol. The Labute approximate surface area is 77.1 Å². The predicted octanol–water partition coefficient (Wildman–Crippen LogP) is 1.74. The van der Waals surface area contributed by atoms with Crippen molar-refractivity contribution in [2.75, 3.05) is 0 Å². The van der Waals surface area contributed by atoms with E-state index in [2.05, 4.69) is 13.0 Å². The number of primary amides is 1. The lowest BCUT2D eigenvalue weighted by Crippen LogP contribution is -2.11. The highest BCUT2D eigenvalue weighted by molar-refractivity contribution is 5.94. The summed E-state index contributed by atoms with van der Waals surface area (Å²) in [4.78, 5) is 10.9. The Hall–Kier alpha value is -1.57. The third-order valence-corrected chi connectivity index (χ3v) is 2.45. The first kappa shape index (κ1) is 8.05. The number of carbonyl (C=O) groups is 1. The van der Waals surface area contributed by atoms with E-state index in [1.165, 1.54) is 11.1 Å². The molecule has 0 saturated heterocycles. The molecular weight excluding hydrogens is 162 g/mol. The zero-order valence-corrected chi connectivity index (χ0v) is 7.50. The molecule has 2 heteroatoms. The van der Waals surface area contributed by atoms with E-state index >= 15 is 0 Å². The highest BCUT2D eigenvalue weighted by Crippen LogP contribution is 2.27. The predicted molar refractivity (Wildman–Crippen MR) is 52.3 cm³/mol. The number of rotatable bonds is 1. The van der Waals surface area contributed by atoms with Crippen LogP contribution in [0.15, 0.2) is 24.3 Å². The van der Waals surface area contributed by atoms with Gasteiger partial charge < -0.3 is 5.73 Å². The van der Waals surface area contributed by atoms with Crippen LogP contribution in [0.2, 0.25) is 0 Å². The molecule has 1 aliphatic rings. The van der Waals surface area contributed by atoms with Gasteiger partial charge in [-0.25, -0.2) is 0 Å². The number of allylic oxidation sites excluding steroid dienone is 2. The Kier molecular flexibility index (Phi) is 1.69. The lowest BCUT2D eigenvalue weighted by molar-refractivity contribution is 0.100. The van der Waals surface area contributed by atoms with Gasteiger partial charge in [0.1, 0.15) is 0 Å². The summed E-state index contributed by atoms with van der Waals surface area (Å²) in [6.45, 7) is 2.05. The molecule has 66 valence electrons. The molecule has 0 heterocycles. The number of nitrogens with two attached hydrogens (primary N) is 1.